The fraction of sp³-hybridized carbons (Fsp3) is 0.830. The number of carbonyl (C=O) groups is 8. The van der Waals surface area contributed by atoms with Gasteiger partial charge in [-0.05, 0) is 44.9 Å². The molecule has 0 saturated heterocycles. The van der Waals surface area contributed by atoms with Gasteiger partial charge in [-0.15, -0.1) is 0 Å². The molecule has 0 heterocycles. The number of hydrogen-bond donors (Lipinski definition) is 9. The molecule has 21 heteroatoms. The molecule has 0 aliphatic heterocycles. The number of aliphatic carboxylic acids is 4. The molecule has 10 N–H and O–H groups in total. The standard InChI is InChI=1S/C47H85N5O16/c48-37(45(59)60)19-17-18-27-49-40(53)24-22-39(47(63)64)52-43(56)26-29-65-31-33-67-35-36-68-34-32-66-30-28-50-41(54)25-23-38(46(61)62)51-42(55)20-15-13-11-9-7-5-3-1-2-4-6-8-10-12-14-16-21-44(57)58/h37-39H,1-36,48H2,(H,49,53)(H,50,54)(H,51,55)(H,52,56)(H,57,58)(H,59,60)(H,61,62)(H,63,64)/t37-,38-,39-/m0/s1. The molecule has 3 atom stereocenters. The van der Waals surface area contributed by atoms with Crippen LogP contribution in [0.15, 0.2) is 0 Å². The lowest BCUT2D eigenvalue weighted by Gasteiger charge is -2.14. The van der Waals surface area contributed by atoms with E-state index in [1.54, 1.807) is 0 Å². The molecule has 0 aliphatic carbocycles. The van der Waals surface area contributed by atoms with Crippen molar-refractivity contribution in [3.05, 3.63) is 0 Å². The highest BCUT2D eigenvalue weighted by atomic mass is 16.6. The zero-order chi connectivity index (χ0) is 50.5. The monoisotopic (exact) mass is 976 g/mol. The number of amides is 4. The minimum atomic E-state index is -1.27. The van der Waals surface area contributed by atoms with Crippen LogP contribution in [0.4, 0.5) is 0 Å². The molecule has 0 rings (SSSR count). The van der Waals surface area contributed by atoms with Gasteiger partial charge in [-0.2, -0.15) is 0 Å². The van der Waals surface area contributed by atoms with Gasteiger partial charge in [0.25, 0.3) is 0 Å². The summed E-state index contributed by atoms with van der Waals surface area (Å²) in [7, 11) is 0. The average Bonchev–Trinajstić information content (AvgIpc) is 3.29. The van der Waals surface area contributed by atoms with E-state index < -0.39 is 47.9 Å². The molecule has 0 aliphatic rings. The highest BCUT2D eigenvalue weighted by Crippen LogP contribution is 2.15. The van der Waals surface area contributed by atoms with Gasteiger partial charge in [0.1, 0.15) is 18.1 Å². The number of unbranched alkanes of at least 4 members (excludes halogenated alkanes) is 16. The summed E-state index contributed by atoms with van der Waals surface area (Å²) in [5.74, 6) is -5.85. The molecule has 68 heavy (non-hydrogen) atoms. The van der Waals surface area contributed by atoms with E-state index in [2.05, 4.69) is 21.3 Å². The lowest BCUT2D eigenvalue weighted by atomic mass is 10.0. The molecule has 394 valence electrons. The predicted octanol–water partition coefficient (Wildman–Crippen LogP) is 4.06. The molecule has 0 unspecified atom stereocenters. The first-order chi connectivity index (χ1) is 32.7. The largest absolute Gasteiger partial charge is 0.481 e. The number of carboxylic acids is 4. The van der Waals surface area contributed by atoms with Crippen LogP contribution in [0.5, 0.6) is 0 Å². The second-order valence-corrected chi connectivity index (χ2v) is 16.9. The van der Waals surface area contributed by atoms with Crippen LogP contribution in [0.3, 0.4) is 0 Å². The maximum atomic E-state index is 12.4. The number of nitrogens with one attached hydrogen (secondary N) is 4. The van der Waals surface area contributed by atoms with Crippen LogP contribution in [0.25, 0.3) is 0 Å². The summed E-state index contributed by atoms with van der Waals surface area (Å²) >= 11 is 0. The molecule has 0 aromatic rings. The summed E-state index contributed by atoms with van der Waals surface area (Å²) < 4.78 is 21.6. The van der Waals surface area contributed by atoms with Crippen LogP contribution in [0, 0.1) is 0 Å². The lowest BCUT2D eigenvalue weighted by molar-refractivity contribution is -0.142. The number of rotatable bonds is 50. The zero-order valence-corrected chi connectivity index (χ0v) is 40.5. The fourth-order valence-electron chi connectivity index (χ4n) is 6.84. The van der Waals surface area contributed by atoms with Crippen molar-refractivity contribution in [3.8, 4) is 0 Å². The van der Waals surface area contributed by atoms with Crippen molar-refractivity contribution in [2.45, 2.75) is 185 Å². The molecule has 0 fully saturated rings. The van der Waals surface area contributed by atoms with Gasteiger partial charge >= 0.3 is 23.9 Å². The maximum absolute atomic E-state index is 12.4. The van der Waals surface area contributed by atoms with Crippen LogP contribution in [-0.2, 0) is 57.3 Å². The molecular formula is C47H85N5O16. The van der Waals surface area contributed by atoms with Crippen LogP contribution in [0.1, 0.15) is 167 Å². The normalized spacial score (nSPS) is 12.4. The molecule has 21 nitrogen and oxygen atoms in total. The highest BCUT2D eigenvalue weighted by molar-refractivity contribution is 5.85. The number of hydrogen-bond acceptors (Lipinski definition) is 13. The topological polar surface area (TPSA) is 329 Å². The fourth-order valence-corrected chi connectivity index (χ4v) is 6.84. The molecule has 0 aromatic heterocycles. The lowest BCUT2D eigenvalue weighted by Crippen LogP contribution is -2.42. The Morgan fingerprint density at radius 2 is 0.721 bits per heavy atom. The third-order valence-corrected chi connectivity index (χ3v) is 10.9. The Morgan fingerprint density at radius 1 is 0.353 bits per heavy atom. The highest BCUT2D eigenvalue weighted by Gasteiger charge is 2.22. The molecule has 0 radical (unpaired) electrons. The quantitative estimate of drug-likeness (QED) is 0.0388. The van der Waals surface area contributed by atoms with Gasteiger partial charge in [0.15, 0.2) is 0 Å². The van der Waals surface area contributed by atoms with E-state index in [0.29, 0.717) is 39.0 Å². The van der Waals surface area contributed by atoms with Crippen molar-refractivity contribution in [2.75, 3.05) is 65.9 Å². The van der Waals surface area contributed by atoms with E-state index in [-0.39, 0.29) is 115 Å². The van der Waals surface area contributed by atoms with Gasteiger partial charge in [-0.1, -0.05) is 89.9 Å². The Balaban J connectivity index is 3.73. The second kappa shape index (κ2) is 45.0. The van der Waals surface area contributed by atoms with E-state index in [9.17, 15) is 48.6 Å². The second-order valence-electron chi connectivity index (χ2n) is 16.9. The number of ether oxygens (including phenoxy) is 4. The van der Waals surface area contributed by atoms with Crippen molar-refractivity contribution in [1.82, 2.24) is 21.3 Å². The summed E-state index contributed by atoms with van der Waals surface area (Å²) in [4.78, 5) is 93.3. The third-order valence-electron chi connectivity index (χ3n) is 10.9. The Labute approximate surface area is 402 Å². The van der Waals surface area contributed by atoms with Crippen LogP contribution in [0.2, 0.25) is 0 Å². The number of carboxylic acid groups (broad SMARTS) is 4. The molecule has 0 saturated carbocycles. The van der Waals surface area contributed by atoms with Gasteiger partial charge < -0.3 is 66.4 Å². The summed E-state index contributed by atoms with van der Waals surface area (Å²) in [6.07, 6.45) is 19.2. The van der Waals surface area contributed by atoms with Crippen molar-refractivity contribution >= 4 is 47.5 Å². The van der Waals surface area contributed by atoms with Gasteiger partial charge in [0.2, 0.25) is 23.6 Å². The molecule has 0 bridgehead atoms. The molecular weight excluding hydrogens is 891 g/mol. The van der Waals surface area contributed by atoms with E-state index >= 15 is 0 Å². The predicted molar refractivity (Wildman–Crippen MR) is 252 cm³/mol. The zero-order valence-electron chi connectivity index (χ0n) is 40.5. The van der Waals surface area contributed by atoms with E-state index in [1.807, 2.05) is 0 Å². The third kappa shape index (κ3) is 42.9. The Kier molecular flexibility index (Phi) is 42.1. The number of nitrogens with two attached hydrogens (primary N) is 1. The summed E-state index contributed by atoms with van der Waals surface area (Å²) in [5, 5.41) is 46.6. The molecule has 0 aromatic carbocycles. The SMILES string of the molecule is N[C@@H](CCCCNC(=O)CC[C@H](NC(=O)CCOCCOCCOCCOCCNC(=O)CC[C@H](NC(=O)CCCCCCCCCCCCCCCCCCC(=O)O)C(=O)O)C(=O)O)C(=O)O. The van der Waals surface area contributed by atoms with Crippen LogP contribution in [-0.4, -0.2) is 152 Å². The first-order valence-electron chi connectivity index (χ1n) is 24.8. The van der Waals surface area contributed by atoms with Gasteiger partial charge in [0.05, 0.1) is 52.9 Å². The Morgan fingerprint density at radius 3 is 1.13 bits per heavy atom. The van der Waals surface area contributed by atoms with E-state index in [0.717, 1.165) is 38.5 Å². The van der Waals surface area contributed by atoms with Crippen molar-refractivity contribution < 1.29 is 77.7 Å². The molecule has 0 spiro atoms. The van der Waals surface area contributed by atoms with Crippen molar-refractivity contribution in [3.63, 3.8) is 0 Å². The first-order valence-corrected chi connectivity index (χ1v) is 24.8. The summed E-state index contributed by atoms with van der Waals surface area (Å²) in [6, 6.07) is -3.34. The van der Waals surface area contributed by atoms with E-state index in [4.69, 9.17) is 34.9 Å². The van der Waals surface area contributed by atoms with Gasteiger partial charge in [0, 0.05) is 45.2 Å². The smallest absolute Gasteiger partial charge is 0.326 e. The Hall–Kier alpha value is -4.44. The Bertz CT molecular complexity index is 1390. The minimum absolute atomic E-state index is 0.0249. The van der Waals surface area contributed by atoms with E-state index in [1.165, 1.54) is 57.8 Å². The minimum Gasteiger partial charge on any atom is -0.481 e. The van der Waals surface area contributed by atoms with Crippen LogP contribution < -0.4 is 27.0 Å². The van der Waals surface area contributed by atoms with Crippen molar-refractivity contribution in [2.24, 2.45) is 5.73 Å². The molecule has 4 amide bonds. The first kappa shape index (κ1) is 63.6. The summed E-state index contributed by atoms with van der Waals surface area (Å²) in [5.41, 5.74) is 5.43. The number of carbonyl (C=O) groups excluding carboxylic acids is 4. The van der Waals surface area contributed by atoms with Gasteiger partial charge in [-0.3, -0.25) is 28.8 Å². The van der Waals surface area contributed by atoms with Gasteiger partial charge in [-0.25, -0.2) is 9.59 Å². The summed E-state index contributed by atoms with van der Waals surface area (Å²) in [6.45, 7) is 2.39. The van der Waals surface area contributed by atoms with Crippen molar-refractivity contribution in [1.29, 1.82) is 0 Å². The van der Waals surface area contributed by atoms with Crippen LogP contribution >= 0.6 is 0 Å². The average molecular weight is 976 g/mol. The maximum Gasteiger partial charge on any atom is 0.326 e.